The fourth-order valence-electron chi connectivity index (χ4n) is 0.665. The summed E-state index contributed by atoms with van der Waals surface area (Å²) in [6.07, 6.45) is 3.48. The Kier molecular flexibility index (Phi) is 2.44. The summed E-state index contributed by atoms with van der Waals surface area (Å²) in [5.74, 6) is 0.413. The van der Waals surface area contributed by atoms with Gasteiger partial charge in [0.25, 0.3) is 0 Å². The van der Waals surface area contributed by atoms with Crippen molar-refractivity contribution in [3.05, 3.63) is 23.0 Å². The van der Waals surface area contributed by atoms with Crippen LogP contribution in [0.1, 0.15) is 10.4 Å². The lowest BCUT2D eigenvalue weighted by Gasteiger charge is -2.01. The first-order valence-electron chi connectivity index (χ1n) is 2.92. The number of aldehydes is 1. The summed E-state index contributed by atoms with van der Waals surface area (Å²) in [6.45, 7) is 0. The highest BCUT2D eigenvalue weighted by Crippen LogP contribution is 2.24. The van der Waals surface area contributed by atoms with Crippen molar-refractivity contribution in [3.8, 4) is 5.75 Å². The Labute approximate surface area is 69.0 Å². The van der Waals surface area contributed by atoms with Crippen molar-refractivity contribution in [3.63, 3.8) is 0 Å². The van der Waals surface area contributed by atoms with Crippen molar-refractivity contribution in [1.82, 2.24) is 4.98 Å². The number of carbonyl (C=O) groups excluding carboxylic acids is 1. The molecule has 1 heterocycles. The van der Waals surface area contributed by atoms with Crippen molar-refractivity contribution >= 4 is 17.9 Å². The van der Waals surface area contributed by atoms with Crippen LogP contribution < -0.4 is 4.74 Å². The average Bonchev–Trinajstić information content (AvgIpc) is 2.05. The monoisotopic (exact) mass is 171 g/mol. The van der Waals surface area contributed by atoms with Gasteiger partial charge >= 0.3 is 0 Å². The van der Waals surface area contributed by atoms with Crippen LogP contribution in [0.15, 0.2) is 12.4 Å². The van der Waals surface area contributed by atoms with E-state index in [1.807, 2.05) is 0 Å². The Morgan fingerprint density at radius 2 is 2.36 bits per heavy atom. The van der Waals surface area contributed by atoms with Gasteiger partial charge < -0.3 is 4.74 Å². The maximum atomic E-state index is 10.3. The summed E-state index contributed by atoms with van der Waals surface area (Å²) in [4.78, 5) is 14.1. The van der Waals surface area contributed by atoms with Crippen molar-refractivity contribution in [2.24, 2.45) is 0 Å². The van der Waals surface area contributed by atoms with E-state index in [4.69, 9.17) is 16.3 Å². The van der Waals surface area contributed by atoms with Crippen LogP contribution in [-0.4, -0.2) is 18.4 Å². The summed E-state index contributed by atoms with van der Waals surface area (Å²) < 4.78 is 4.83. The molecule has 0 atom stereocenters. The number of pyridine rings is 1. The zero-order valence-corrected chi connectivity index (χ0v) is 6.63. The minimum Gasteiger partial charge on any atom is -0.494 e. The molecule has 0 unspecified atom stereocenters. The highest BCUT2D eigenvalue weighted by Gasteiger charge is 2.04. The third kappa shape index (κ3) is 1.49. The number of ether oxygens (including phenoxy) is 1. The summed E-state index contributed by atoms with van der Waals surface area (Å²) in [6, 6.07) is 0. The maximum Gasteiger partial charge on any atom is 0.156 e. The van der Waals surface area contributed by atoms with E-state index in [1.165, 1.54) is 19.5 Å². The first-order chi connectivity index (χ1) is 5.29. The smallest absolute Gasteiger partial charge is 0.156 e. The lowest BCUT2D eigenvalue weighted by Crippen LogP contribution is -1.90. The Morgan fingerprint density at radius 1 is 1.64 bits per heavy atom. The van der Waals surface area contributed by atoms with Gasteiger partial charge in [-0.05, 0) is 0 Å². The number of carbonyl (C=O) groups is 1. The summed E-state index contributed by atoms with van der Waals surface area (Å²) >= 11 is 5.71. The molecule has 0 saturated heterocycles. The zero-order chi connectivity index (χ0) is 8.27. The van der Waals surface area contributed by atoms with Gasteiger partial charge in [0.05, 0.1) is 23.9 Å². The number of nitrogens with zero attached hydrogens (tertiary/aromatic N) is 1. The molecule has 58 valence electrons. The molecule has 0 aliphatic heterocycles. The molecule has 0 spiro atoms. The number of hydrogen-bond donors (Lipinski definition) is 0. The SMILES string of the molecule is COc1cncc(C=O)c1Cl. The average molecular weight is 172 g/mol. The number of aromatic nitrogens is 1. The van der Waals surface area contributed by atoms with E-state index in [1.54, 1.807) is 0 Å². The second kappa shape index (κ2) is 3.34. The topological polar surface area (TPSA) is 39.2 Å². The Hall–Kier alpha value is -1.09. The number of rotatable bonds is 2. The third-order valence-corrected chi connectivity index (χ3v) is 1.63. The fraction of sp³-hybridized carbons (Fsp3) is 0.143. The van der Waals surface area contributed by atoms with Crippen LogP contribution in [0.4, 0.5) is 0 Å². The molecule has 0 aromatic carbocycles. The second-order valence-corrected chi connectivity index (χ2v) is 2.24. The molecule has 4 heteroatoms. The molecule has 11 heavy (non-hydrogen) atoms. The van der Waals surface area contributed by atoms with Crippen LogP contribution in [0.2, 0.25) is 5.02 Å². The molecule has 0 saturated carbocycles. The summed E-state index contributed by atoms with van der Waals surface area (Å²) in [5.41, 5.74) is 0.339. The van der Waals surface area contributed by atoms with Crippen LogP contribution in [0.5, 0.6) is 5.75 Å². The van der Waals surface area contributed by atoms with Crippen molar-refractivity contribution in [2.75, 3.05) is 7.11 Å². The van der Waals surface area contributed by atoms with E-state index in [2.05, 4.69) is 4.98 Å². The van der Waals surface area contributed by atoms with E-state index >= 15 is 0 Å². The zero-order valence-electron chi connectivity index (χ0n) is 5.87. The van der Waals surface area contributed by atoms with E-state index in [0.717, 1.165) is 0 Å². The highest BCUT2D eigenvalue weighted by atomic mass is 35.5. The van der Waals surface area contributed by atoms with Crippen molar-refractivity contribution in [2.45, 2.75) is 0 Å². The Balaban J connectivity index is 3.20. The lowest BCUT2D eigenvalue weighted by molar-refractivity contribution is 0.112. The van der Waals surface area contributed by atoms with Crippen molar-refractivity contribution in [1.29, 1.82) is 0 Å². The van der Waals surface area contributed by atoms with Crippen LogP contribution in [0.25, 0.3) is 0 Å². The van der Waals surface area contributed by atoms with Gasteiger partial charge in [-0.3, -0.25) is 9.78 Å². The van der Waals surface area contributed by atoms with Gasteiger partial charge in [-0.1, -0.05) is 11.6 Å². The van der Waals surface area contributed by atoms with Crippen LogP contribution in [-0.2, 0) is 0 Å². The molecular weight excluding hydrogens is 166 g/mol. The largest absolute Gasteiger partial charge is 0.494 e. The molecule has 1 aromatic rings. The second-order valence-electron chi connectivity index (χ2n) is 1.86. The van der Waals surface area contributed by atoms with Crippen LogP contribution >= 0.6 is 11.6 Å². The minimum absolute atomic E-state index is 0.303. The van der Waals surface area contributed by atoms with Gasteiger partial charge in [-0.15, -0.1) is 0 Å². The predicted octanol–water partition coefficient (Wildman–Crippen LogP) is 1.56. The number of methoxy groups -OCH3 is 1. The van der Waals surface area contributed by atoms with Gasteiger partial charge in [-0.2, -0.15) is 0 Å². The molecule has 0 radical (unpaired) electrons. The lowest BCUT2D eigenvalue weighted by atomic mass is 10.3. The number of halogens is 1. The van der Waals surface area contributed by atoms with Crippen LogP contribution in [0.3, 0.4) is 0 Å². The maximum absolute atomic E-state index is 10.3. The highest BCUT2D eigenvalue weighted by molar-refractivity contribution is 6.34. The molecule has 0 bridgehead atoms. The molecular formula is C7H6ClNO2. The first-order valence-corrected chi connectivity index (χ1v) is 3.30. The predicted molar refractivity (Wildman–Crippen MR) is 41.2 cm³/mol. The molecule has 3 nitrogen and oxygen atoms in total. The number of hydrogen-bond acceptors (Lipinski definition) is 3. The van der Waals surface area contributed by atoms with Gasteiger partial charge in [0, 0.05) is 6.20 Å². The molecule has 0 aliphatic rings. The minimum atomic E-state index is 0.303. The molecule has 1 rings (SSSR count). The quantitative estimate of drug-likeness (QED) is 0.634. The van der Waals surface area contributed by atoms with Gasteiger partial charge in [-0.25, -0.2) is 0 Å². The Bertz CT molecular complexity index is 275. The standard InChI is InChI=1S/C7H6ClNO2/c1-11-6-3-9-2-5(4-10)7(6)8/h2-4H,1H3. The summed E-state index contributed by atoms with van der Waals surface area (Å²) in [7, 11) is 1.47. The molecule has 0 aliphatic carbocycles. The third-order valence-electron chi connectivity index (χ3n) is 1.22. The Morgan fingerprint density at radius 3 is 2.91 bits per heavy atom. The van der Waals surface area contributed by atoms with Gasteiger partial charge in [0.2, 0.25) is 0 Å². The van der Waals surface area contributed by atoms with Crippen molar-refractivity contribution < 1.29 is 9.53 Å². The van der Waals surface area contributed by atoms with E-state index in [0.29, 0.717) is 22.6 Å². The summed E-state index contributed by atoms with van der Waals surface area (Å²) in [5, 5.41) is 0.303. The van der Waals surface area contributed by atoms with E-state index in [9.17, 15) is 4.79 Å². The molecule has 0 amide bonds. The molecule has 0 fully saturated rings. The molecule has 1 aromatic heterocycles. The van der Waals surface area contributed by atoms with Gasteiger partial charge in [0.1, 0.15) is 0 Å². The van der Waals surface area contributed by atoms with E-state index in [-0.39, 0.29) is 0 Å². The van der Waals surface area contributed by atoms with Gasteiger partial charge in [0.15, 0.2) is 12.0 Å². The van der Waals surface area contributed by atoms with Crippen LogP contribution in [0, 0.1) is 0 Å². The van der Waals surface area contributed by atoms with E-state index < -0.39 is 0 Å². The fourth-order valence-corrected chi connectivity index (χ4v) is 0.885. The molecule has 0 N–H and O–H groups in total. The normalized spacial score (nSPS) is 9.27. The first kappa shape index (κ1) is 8.01.